The average molecular weight is 297 g/mol. The van der Waals surface area contributed by atoms with Gasteiger partial charge in [-0.1, -0.05) is 36.1 Å². The van der Waals surface area contributed by atoms with Gasteiger partial charge in [0.05, 0.1) is 4.91 Å². The Kier molecular flexibility index (Phi) is 3.96. The number of aliphatic carboxylic acids is 1. The second-order valence-corrected chi connectivity index (χ2v) is 5.39. The molecule has 1 fully saturated rings. The summed E-state index contributed by atoms with van der Waals surface area (Å²) in [6.45, 7) is -0.467. The van der Waals surface area contributed by atoms with E-state index >= 15 is 0 Å². The zero-order valence-corrected chi connectivity index (χ0v) is 11.1. The minimum Gasteiger partial charge on any atom is -0.480 e. The second kappa shape index (κ2) is 5.50. The summed E-state index contributed by atoms with van der Waals surface area (Å²) >= 11 is 5.95. The van der Waals surface area contributed by atoms with Gasteiger partial charge in [0.1, 0.15) is 16.7 Å². The van der Waals surface area contributed by atoms with Gasteiger partial charge < -0.3 is 5.11 Å². The van der Waals surface area contributed by atoms with E-state index in [-0.39, 0.29) is 9.23 Å². The summed E-state index contributed by atoms with van der Waals surface area (Å²) in [5.74, 6) is -2.01. The smallest absolute Gasteiger partial charge is 0.323 e. The highest BCUT2D eigenvalue weighted by Crippen LogP contribution is 2.32. The highest BCUT2D eigenvalue weighted by atomic mass is 32.2. The molecule has 19 heavy (non-hydrogen) atoms. The summed E-state index contributed by atoms with van der Waals surface area (Å²) in [6, 6.07) is 5.75. The molecule has 1 N–H and O–H groups in total. The van der Waals surface area contributed by atoms with Crippen LogP contribution in [-0.2, 0) is 9.59 Å². The lowest BCUT2D eigenvalue weighted by Gasteiger charge is -2.10. The molecule has 7 heteroatoms. The Morgan fingerprint density at radius 2 is 2.26 bits per heavy atom. The molecule has 0 aromatic heterocycles. The highest BCUT2D eigenvalue weighted by Gasteiger charge is 2.33. The van der Waals surface area contributed by atoms with Crippen molar-refractivity contribution in [2.75, 3.05) is 6.54 Å². The number of thioether (sulfide) groups is 1. The van der Waals surface area contributed by atoms with E-state index in [2.05, 4.69) is 0 Å². The normalized spacial score (nSPS) is 17.3. The lowest BCUT2D eigenvalue weighted by atomic mass is 10.2. The van der Waals surface area contributed by atoms with Gasteiger partial charge in [0, 0.05) is 0 Å². The van der Waals surface area contributed by atoms with Crippen LogP contribution in [0, 0.1) is 5.82 Å². The Labute approximate surface area is 117 Å². The third kappa shape index (κ3) is 3.18. The fourth-order valence-electron chi connectivity index (χ4n) is 1.52. The number of amides is 1. The molecular formula is C12H8FNO3S2. The van der Waals surface area contributed by atoms with Crippen molar-refractivity contribution in [2.24, 2.45) is 0 Å². The van der Waals surface area contributed by atoms with Gasteiger partial charge in [-0.25, -0.2) is 4.39 Å². The molecule has 1 amide bonds. The zero-order chi connectivity index (χ0) is 14.0. The number of rotatable bonds is 3. The molecule has 1 aromatic rings. The maximum Gasteiger partial charge on any atom is 0.323 e. The summed E-state index contributed by atoms with van der Waals surface area (Å²) in [7, 11) is 0. The first-order valence-electron chi connectivity index (χ1n) is 5.20. The van der Waals surface area contributed by atoms with Crippen molar-refractivity contribution in [1.29, 1.82) is 0 Å². The molecule has 2 rings (SSSR count). The summed E-state index contributed by atoms with van der Waals surface area (Å²) in [6.07, 6.45) is 1.49. The highest BCUT2D eigenvalue weighted by molar-refractivity contribution is 8.26. The first-order valence-corrected chi connectivity index (χ1v) is 6.42. The Hall–Kier alpha value is -1.73. The average Bonchev–Trinajstić information content (AvgIpc) is 2.57. The zero-order valence-electron chi connectivity index (χ0n) is 9.50. The first-order chi connectivity index (χ1) is 8.97. The van der Waals surface area contributed by atoms with Crippen LogP contribution in [0.25, 0.3) is 6.08 Å². The molecule has 0 aliphatic carbocycles. The lowest BCUT2D eigenvalue weighted by Crippen LogP contribution is -2.33. The van der Waals surface area contributed by atoms with Gasteiger partial charge in [-0.05, 0) is 23.8 Å². The number of benzene rings is 1. The van der Waals surface area contributed by atoms with Crippen LogP contribution in [0.1, 0.15) is 5.56 Å². The Morgan fingerprint density at radius 1 is 1.53 bits per heavy atom. The SMILES string of the molecule is O=C(O)CN1C(=O)/C(=C/c2cccc(F)c2)SC1=S. The van der Waals surface area contributed by atoms with E-state index in [1.54, 1.807) is 6.07 Å². The topological polar surface area (TPSA) is 57.6 Å². The van der Waals surface area contributed by atoms with Crippen molar-refractivity contribution in [3.8, 4) is 0 Å². The standard InChI is InChI=1S/C12H8FNO3S2/c13-8-3-1-2-7(4-8)5-9-11(17)14(6-10(15)16)12(18)19-9/h1-5H,6H2,(H,15,16)/b9-5-. The van der Waals surface area contributed by atoms with Gasteiger partial charge in [0.2, 0.25) is 0 Å². The molecule has 1 heterocycles. The molecule has 4 nitrogen and oxygen atoms in total. The maximum absolute atomic E-state index is 13.0. The summed E-state index contributed by atoms with van der Waals surface area (Å²) < 4.78 is 13.2. The number of carbonyl (C=O) groups excluding carboxylic acids is 1. The molecule has 1 aliphatic rings. The van der Waals surface area contributed by atoms with E-state index in [0.717, 1.165) is 16.7 Å². The summed E-state index contributed by atoms with van der Waals surface area (Å²) in [4.78, 5) is 23.9. The molecule has 98 valence electrons. The van der Waals surface area contributed by atoms with Crippen molar-refractivity contribution in [2.45, 2.75) is 0 Å². The molecular weight excluding hydrogens is 289 g/mol. The number of carboxylic acid groups (broad SMARTS) is 1. The number of halogens is 1. The molecule has 1 aromatic carbocycles. The fraction of sp³-hybridized carbons (Fsp3) is 0.0833. The molecule has 0 radical (unpaired) electrons. The van der Waals surface area contributed by atoms with Crippen LogP contribution in [0.3, 0.4) is 0 Å². The number of carboxylic acids is 1. The van der Waals surface area contributed by atoms with Crippen LogP contribution in [0.5, 0.6) is 0 Å². The van der Waals surface area contributed by atoms with Crippen LogP contribution < -0.4 is 0 Å². The van der Waals surface area contributed by atoms with E-state index in [9.17, 15) is 14.0 Å². The van der Waals surface area contributed by atoms with Gasteiger partial charge in [-0.15, -0.1) is 0 Å². The third-order valence-electron chi connectivity index (χ3n) is 2.31. The number of carbonyl (C=O) groups is 2. The van der Waals surface area contributed by atoms with E-state index in [4.69, 9.17) is 17.3 Å². The number of nitrogens with zero attached hydrogens (tertiary/aromatic N) is 1. The Morgan fingerprint density at radius 3 is 2.89 bits per heavy atom. The summed E-state index contributed by atoms with van der Waals surface area (Å²) in [5.41, 5.74) is 0.524. The lowest BCUT2D eigenvalue weighted by molar-refractivity contribution is -0.140. The molecule has 0 bridgehead atoms. The molecule has 0 spiro atoms. The predicted octanol–water partition coefficient (Wildman–Crippen LogP) is 2.11. The molecule has 0 unspecified atom stereocenters. The molecule has 0 saturated carbocycles. The Balaban J connectivity index is 2.25. The van der Waals surface area contributed by atoms with Gasteiger partial charge in [0.15, 0.2) is 0 Å². The van der Waals surface area contributed by atoms with Gasteiger partial charge in [-0.3, -0.25) is 14.5 Å². The van der Waals surface area contributed by atoms with E-state index in [1.165, 1.54) is 24.3 Å². The van der Waals surface area contributed by atoms with Crippen LogP contribution in [0.4, 0.5) is 4.39 Å². The van der Waals surface area contributed by atoms with E-state index in [1.807, 2.05) is 0 Å². The van der Waals surface area contributed by atoms with Crippen LogP contribution in [0.15, 0.2) is 29.2 Å². The van der Waals surface area contributed by atoms with Crippen molar-refractivity contribution >= 4 is 46.3 Å². The van der Waals surface area contributed by atoms with Crippen LogP contribution in [0.2, 0.25) is 0 Å². The number of hydrogen-bond donors (Lipinski definition) is 1. The second-order valence-electron chi connectivity index (χ2n) is 3.72. The quantitative estimate of drug-likeness (QED) is 0.684. The maximum atomic E-state index is 13.0. The van der Waals surface area contributed by atoms with E-state index < -0.39 is 24.2 Å². The Bertz CT molecular complexity index is 600. The first kappa shape index (κ1) is 13.7. The van der Waals surface area contributed by atoms with Crippen molar-refractivity contribution in [1.82, 2.24) is 4.90 Å². The largest absolute Gasteiger partial charge is 0.480 e. The molecule has 1 aliphatic heterocycles. The predicted molar refractivity (Wildman–Crippen MR) is 73.9 cm³/mol. The third-order valence-corrected chi connectivity index (χ3v) is 3.69. The van der Waals surface area contributed by atoms with Crippen molar-refractivity contribution in [3.05, 3.63) is 40.6 Å². The molecule has 1 saturated heterocycles. The minimum atomic E-state index is -1.14. The van der Waals surface area contributed by atoms with Crippen LogP contribution in [-0.4, -0.2) is 32.7 Å². The van der Waals surface area contributed by atoms with Crippen molar-refractivity contribution < 1.29 is 19.1 Å². The number of hydrogen-bond acceptors (Lipinski definition) is 4. The van der Waals surface area contributed by atoms with E-state index in [0.29, 0.717) is 5.56 Å². The van der Waals surface area contributed by atoms with Gasteiger partial charge in [-0.2, -0.15) is 0 Å². The van der Waals surface area contributed by atoms with Gasteiger partial charge >= 0.3 is 5.97 Å². The van der Waals surface area contributed by atoms with Crippen LogP contribution >= 0.6 is 24.0 Å². The fourth-order valence-corrected chi connectivity index (χ4v) is 2.77. The monoisotopic (exact) mass is 297 g/mol. The molecule has 0 atom stereocenters. The van der Waals surface area contributed by atoms with Gasteiger partial charge in [0.25, 0.3) is 5.91 Å². The minimum absolute atomic E-state index is 0.190. The number of thiocarbonyl (C=S) groups is 1. The summed E-state index contributed by atoms with van der Waals surface area (Å²) in [5, 5.41) is 8.69. The van der Waals surface area contributed by atoms with Crippen molar-refractivity contribution in [3.63, 3.8) is 0 Å².